The smallest absolute Gasteiger partial charge is 0.297 e. The lowest BCUT2D eigenvalue weighted by molar-refractivity contribution is -0.137. The lowest BCUT2D eigenvalue weighted by atomic mass is 9.78. The molecule has 1 atom stereocenters. The standard InChI is InChI=1S/C21H23ClF3N3OS2/c1-13-7-10-31-18(13)26-19(29)28-12-20(2,8-4-9-30-3)17(27-28)14-5-6-15(16(22)11-14)21(23,24)25/h5-7,10-11H,4,8-9,12H2,1-3H3,(H,26,29). The van der Waals surface area contributed by atoms with Gasteiger partial charge in [0.05, 0.1) is 27.8 Å². The maximum absolute atomic E-state index is 13.1. The van der Waals surface area contributed by atoms with E-state index in [9.17, 15) is 18.0 Å². The predicted molar refractivity (Wildman–Crippen MR) is 123 cm³/mol. The molecule has 1 aliphatic rings. The van der Waals surface area contributed by atoms with Crippen LogP contribution in [-0.2, 0) is 6.18 Å². The molecule has 10 heteroatoms. The average molecular weight is 490 g/mol. The summed E-state index contributed by atoms with van der Waals surface area (Å²) in [5, 5.41) is 11.0. The van der Waals surface area contributed by atoms with E-state index in [0.717, 1.165) is 35.2 Å². The van der Waals surface area contributed by atoms with Gasteiger partial charge in [0.1, 0.15) is 0 Å². The summed E-state index contributed by atoms with van der Waals surface area (Å²) in [5.74, 6) is 0.942. The number of halogens is 4. The second-order valence-electron chi connectivity index (χ2n) is 7.72. The van der Waals surface area contributed by atoms with Crippen molar-refractivity contribution >= 4 is 51.4 Å². The van der Waals surface area contributed by atoms with Gasteiger partial charge in [-0.15, -0.1) is 11.3 Å². The highest BCUT2D eigenvalue weighted by molar-refractivity contribution is 7.98. The number of aryl methyl sites for hydroxylation is 1. The molecular formula is C21H23ClF3N3OS2. The van der Waals surface area contributed by atoms with Crippen LogP contribution >= 0.6 is 34.7 Å². The summed E-state index contributed by atoms with van der Waals surface area (Å²) in [6, 6.07) is 5.19. The molecular weight excluding hydrogens is 467 g/mol. The quantitative estimate of drug-likeness (QED) is 0.438. The van der Waals surface area contributed by atoms with Gasteiger partial charge in [-0.2, -0.15) is 30.0 Å². The van der Waals surface area contributed by atoms with Crippen LogP contribution in [0, 0.1) is 12.3 Å². The van der Waals surface area contributed by atoms with Gasteiger partial charge in [-0.05, 0) is 66.5 Å². The molecule has 1 aromatic heterocycles. The molecule has 2 heterocycles. The minimum atomic E-state index is -4.53. The molecule has 4 nitrogen and oxygen atoms in total. The van der Waals surface area contributed by atoms with Gasteiger partial charge in [0, 0.05) is 5.41 Å². The highest BCUT2D eigenvalue weighted by Crippen LogP contribution is 2.39. The summed E-state index contributed by atoms with van der Waals surface area (Å²) < 4.78 is 39.4. The van der Waals surface area contributed by atoms with E-state index in [1.807, 2.05) is 31.5 Å². The number of hydrogen-bond donors (Lipinski definition) is 1. The molecule has 0 saturated heterocycles. The zero-order valence-corrected chi connectivity index (χ0v) is 19.7. The van der Waals surface area contributed by atoms with Crippen molar-refractivity contribution in [2.45, 2.75) is 32.9 Å². The Balaban J connectivity index is 1.92. The van der Waals surface area contributed by atoms with Crippen LogP contribution in [0.5, 0.6) is 0 Å². The van der Waals surface area contributed by atoms with Crippen molar-refractivity contribution in [3.05, 3.63) is 51.4 Å². The second kappa shape index (κ2) is 9.42. The van der Waals surface area contributed by atoms with Crippen LogP contribution < -0.4 is 5.32 Å². The highest BCUT2D eigenvalue weighted by atomic mass is 35.5. The van der Waals surface area contributed by atoms with E-state index >= 15 is 0 Å². The van der Waals surface area contributed by atoms with Crippen molar-refractivity contribution in [1.29, 1.82) is 0 Å². The van der Waals surface area contributed by atoms with Gasteiger partial charge < -0.3 is 0 Å². The minimum Gasteiger partial charge on any atom is -0.297 e. The SMILES string of the molecule is CSCCCC1(C)CN(C(=O)Nc2sccc2C)N=C1c1ccc(C(F)(F)F)c(Cl)c1. The summed E-state index contributed by atoms with van der Waals surface area (Å²) in [5.41, 5.74) is 0.637. The largest absolute Gasteiger partial charge is 0.417 e. The van der Waals surface area contributed by atoms with Crippen LogP contribution in [0.25, 0.3) is 0 Å². The normalized spacial score (nSPS) is 18.9. The Kier molecular flexibility index (Phi) is 7.28. The van der Waals surface area contributed by atoms with Crippen molar-refractivity contribution in [2.75, 3.05) is 23.9 Å². The molecule has 0 aliphatic carbocycles. The van der Waals surface area contributed by atoms with E-state index in [1.165, 1.54) is 28.5 Å². The molecule has 2 amide bonds. The molecule has 0 spiro atoms. The Morgan fingerprint density at radius 1 is 1.39 bits per heavy atom. The number of hydrazone groups is 1. The minimum absolute atomic E-state index is 0.339. The zero-order chi connectivity index (χ0) is 22.8. The van der Waals surface area contributed by atoms with Gasteiger partial charge in [-0.1, -0.05) is 24.6 Å². The van der Waals surface area contributed by atoms with Crippen molar-refractivity contribution in [3.63, 3.8) is 0 Å². The fourth-order valence-electron chi connectivity index (χ4n) is 3.56. The highest BCUT2D eigenvalue weighted by Gasteiger charge is 2.42. The number of anilines is 1. The molecule has 31 heavy (non-hydrogen) atoms. The molecule has 168 valence electrons. The Morgan fingerprint density at radius 2 is 2.13 bits per heavy atom. The maximum atomic E-state index is 13.1. The van der Waals surface area contributed by atoms with E-state index in [2.05, 4.69) is 10.4 Å². The van der Waals surface area contributed by atoms with Crippen molar-refractivity contribution in [2.24, 2.45) is 10.5 Å². The molecule has 1 N–H and O–H groups in total. The van der Waals surface area contributed by atoms with Crippen LogP contribution in [-0.4, -0.2) is 35.3 Å². The summed E-state index contributed by atoms with van der Waals surface area (Å²) in [4.78, 5) is 12.8. The van der Waals surface area contributed by atoms with Gasteiger partial charge in [0.15, 0.2) is 0 Å². The third-order valence-corrected chi connectivity index (χ3v) is 7.17. The number of benzene rings is 1. The summed E-state index contributed by atoms with van der Waals surface area (Å²) >= 11 is 9.10. The van der Waals surface area contributed by atoms with Gasteiger partial charge in [-0.25, -0.2) is 9.80 Å². The number of carbonyl (C=O) groups excluding carboxylic acids is 1. The monoisotopic (exact) mass is 489 g/mol. The Labute approximate surface area is 192 Å². The Bertz CT molecular complexity index is 992. The van der Waals surface area contributed by atoms with Crippen molar-refractivity contribution in [1.82, 2.24) is 5.01 Å². The molecule has 1 unspecified atom stereocenters. The average Bonchev–Trinajstić information content (AvgIpc) is 3.24. The fourth-order valence-corrected chi connectivity index (χ4v) is 5.09. The summed E-state index contributed by atoms with van der Waals surface area (Å²) in [6.45, 7) is 4.23. The maximum Gasteiger partial charge on any atom is 0.417 e. The van der Waals surface area contributed by atoms with Gasteiger partial charge in [-0.3, -0.25) is 5.32 Å². The number of alkyl halides is 3. The molecule has 1 aromatic carbocycles. The number of amides is 2. The molecule has 0 fully saturated rings. The first-order valence-electron chi connectivity index (χ1n) is 9.63. The topological polar surface area (TPSA) is 44.7 Å². The molecule has 0 radical (unpaired) electrons. The van der Waals surface area contributed by atoms with E-state index in [-0.39, 0.29) is 11.1 Å². The van der Waals surface area contributed by atoms with E-state index in [0.29, 0.717) is 17.8 Å². The number of hydrogen-bond acceptors (Lipinski definition) is 4. The third kappa shape index (κ3) is 5.38. The van der Waals surface area contributed by atoms with Crippen LogP contribution in [0.15, 0.2) is 34.7 Å². The molecule has 0 saturated carbocycles. The second-order valence-corrected chi connectivity index (χ2v) is 10.0. The summed E-state index contributed by atoms with van der Waals surface area (Å²) in [7, 11) is 0. The molecule has 1 aliphatic heterocycles. The Hall–Kier alpha value is -1.71. The number of thiophene rings is 1. The fraction of sp³-hybridized carbons (Fsp3) is 0.429. The molecule has 3 rings (SSSR count). The molecule has 2 aromatic rings. The number of carbonyl (C=O) groups is 1. The first-order chi connectivity index (χ1) is 14.5. The lowest BCUT2D eigenvalue weighted by Gasteiger charge is -2.26. The third-order valence-electron chi connectivity index (χ3n) is 5.23. The lowest BCUT2D eigenvalue weighted by Crippen LogP contribution is -2.35. The number of nitrogens with one attached hydrogen (secondary N) is 1. The first-order valence-corrected chi connectivity index (χ1v) is 12.3. The van der Waals surface area contributed by atoms with E-state index < -0.39 is 17.2 Å². The van der Waals surface area contributed by atoms with Gasteiger partial charge in [0.2, 0.25) is 0 Å². The van der Waals surface area contributed by atoms with Crippen molar-refractivity contribution in [3.8, 4) is 0 Å². The zero-order valence-electron chi connectivity index (χ0n) is 17.3. The van der Waals surface area contributed by atoms with Crippen molar-refractivity contribution < 1.29 is 18.0 Å². The first kappa shape index (κ1) is 23.9. The van der Waals surface area contributed by atoms with Crippen LogP contribution in [0.3, 0.4) is 0 Å². The van der Waals surface area contributed by atoms with Crippen LogP contribution in [0.2, 0.25) is 5.02 Å². The number of rotatable bonds is 6. The molecule has 0 bridgehead atoms. The van der Waals surface area contributed by atoms with Gasteiger partial charge >= 0.3 is 12.2 Å². The number of urea groups is 1. The van der Waals surface area contributed by atoms with E-state index in [1.54, 1.807) is 11.8 Å². The van der Waals surface area contributed by atoms with Crippen LogP contribution in [0.1, 0.15) is 36.5 Å². The van der Waals surface area contributed by atoms with Crippen LogP contribution in [0.4, 0.5) is 23.0 Å². The number of nitrogens with zero attached hydrogens (tertiary/aromatic N) is 2. The Morgan fingerprint density at radius 3 is 2.71 bits per heavy atom. The number of thioether (sulfide) groups is 1. The predicted octanol–water partition coefficient (Wildman–Crippen LogP) is 7.13. The summed E-state index contributed by atoms with van der Waals surface area (Å²) in [6.07, 6.45) is -0.873. The van der Waals surface area contributed by atoms with E-state index in [4.69, 9.17) is 11.6 Å². The van der Waals surface area contributed by atoms with Gasteiger partial charge in [0.25, 0.3) is 0 Å².